The van der Waals surface area contributed by atoms with Crippen molar-refractivity contribution in [3.05, 3.63) is 97.4 Å². The van der Waals surface area contributed by atoms with Gasteiger partial charge in [0.25, 0.3) is 5.91 Å². The first-order chi connectivity index (χ1) is 17.7. The van der Waals surface area contributed by atoms with Crippen LogP contribution in [0.25, 0.3) is 0 Å². The van der Waals surface area contributed by atoms with Gasteiger partial charge in [-0.25, -0.2) is 0 Å². The van der Waals surface area contributed by atoms with Gasteiger partial charge in [-0.05, 0) is 70.7 Å². The molecule has 0 radical (unpaired) electrons. The maximum Gasteiger partial charge on any atom is 0.261 e. The third kappa shape index (κ3) is 8.64. The average molecular weight is 627 g/mol. The highest BCUT2D eigenvalue weighted by molar-refractivity contribution is 9.10. The van der Waals surface area contributed by atoms with Crippen molar-refractivity contribution >= 4 is 62.5 Å². The fourth-order valence-electron chi connectivity index (χ4n) is 3.64. The molecule has 3 rings (SSSR count). The molecule has 2 amide bonds. The van der Waals surface area contributed by atoms with E-state index in [1.165, 1.54) is 4.90 Å². The zero-order chi connectivity index (χ0) is 26.9. The van der Waals surface area contributed by atoms with Crippen LogP contribution in [-0.4, -0.2) is 35.4 Å². The highest BCUT2D eigenvalue weighted by Crippen LogP contribution is 2.28. The molecule has 0 saturated heterocycles. The van der Waals surface area contributed by atoms with Crippen molar-refractivity contribution in [1.29, 1.82) is 0 Å². The smallest absolute Gasteiger partial charge is 0.261 e. The molecule has 0 unspecified atom stereocenters. The molecule has 2 atom stereocenters. The Morgan fingerprint density at radius 2 is 1.70 bits per heavy atom. The second kappa shape index (κ2) is 14.1. The number of rotatable bonds is 11. The van der Waals surface area contributed by atoms with E-state index in [1.54, 1.807) is 36.4 Å². The Balaban J connectivity index is 1.94. The molecule has 0 aromatic heterocycles. The average Bonchev–Trinajstić information content (AvgIpc) is 2.88. The quantitative estimate of drug-likeness (QED) is 0.242. The molecule has 0 fully saturated rings. The molecular weight excluding hydrogens is 599 g/mol. The molecule has 0 bridgehead atoms. The molecule has 37 heavy (non-hydrogen) atoms. The summed E-state index contributed by atoms with van der Waals surface area (Å²) < 4.78 is 6.45. The van der Waals surface area contributed by atoms with Gasteiger partial charge in [-0.2, -0.15) is 0 Å². The zero-order valence-corrected chi connectivity index (χ0v) is 24.4. The largest absolute Gasteiger partial charge is 0.483 e. The predicted octanol–water partition coefficient (Wildman–Crippen LogP) is 7.34. The van der Waals surface area contributed by atoms with Crippen molar-refractivity contribution in [2.75, 3.05) is 6.61 Å². The van der Waals surface area contributed by atoms with Crippen LogP contribution in [0.3, 0.4) is 0 Å². The standard InChI is InChI=1S/C28H28BrCl3N2O3/c1-3-18(2)33-28(36)25(14-19-7-5-4-6-8-19)34(16-20-9-11-23(31)24(32)13-20)27(35)17-37-26-12-10-21(30)15-22(26)29/h4-13,15,18,25H,3,14,16-17H2,1-2H3,(H,33,36)/t18-,25-/m1/s1. The van der Waals surface area contributed by atoms with Gasteiger partial charge in [0.2, 0.25) is 5.91 Å². The van der Waals surface area contributed by atoms with Crippen molar-refractivity contribution < 1.29 is 14.3 Å². The molecule has 9 heteroatoms. The van der Waals surface area contributed by atoms with Crippen LogP contribution >= 0.6 is 50.7 Å². The number of ether oxygens (including phenoxy) is 1. The maximum atomic E-state index is 13.7. The Labute approximate surface area is 241 Å². The number of nitrogens with zero attached hydrogens (tertiary/aromatic N) is 1. The van der Waals surface area contributed by atoms with Crippen molar-refractivity contribution in [2.24, 2.45) is 0 Å². The summed E-state index contributed by atoms with van der Waals surface area (Å²) in [4.78, 5) is 28.7. The number of hydrogen-bond donors (Lipinski definition) is 1. The van der Waals surface area contributed by atoms with Crippen LogP contribution in [0.2, 0.25) is 15.1 Å². The second-order valence-corrected chi connectivity index (χ2v) is 10.8. The van der Waals surface area contributed by atoms with Crippen LogP contribution < -0.4 is 10.1 Å². The van der Waals surface area contributed by atoms with Gasteiger partial charge in [0.1, 0.15) is 11.8 Å². The summed E-state index contributed by atoms with van der Waals surface area (Å²) in [5.41, 5.74) is 1.67. The Morgan fingerprint density at radius 1 is 0.973 bits per heavy atom. The highest BCUT2D eigenvalue weighted by atomic mass is 79.9. The molecule has 0 heterocycles. The predicted molar refractivity (Wildman–Crippen MR) is 153 cm³/mol. The number of halogens is 4. The molecule has 5 nitrogen and oxygen atoms in total. The first kappa shape index (κ1) is 29.3. The normalized spacial score (nSPS) is 12.5. The van der Waals surface area contributed by atoms with Gasteiger partial charge in [-0.1, -0.05) is 78.1 Å². The Kier molecular flexibility index (Phi) is 11.1. The van der Waals surface area contributed by atoms with Crippen molar-refractivity contribution in [2.45, 2.75) is 45.3 Å². The van der Waals surface area contributed by atoms with Crippen LogP contribution in [0.15, 0.2) is 71.2 Å². The van der Waals surface area contributed by atoms with Gasteiger partial charge in [0, 0.05) is 24.0 Å². The summed E-state index contributed by atoms with van der Waals surface area (Å²) in [7, 11) is 0. The number of carbonyl (C=O) groups excluding carboxylic acids is 2. The Bertz CT molecular complexity index is 1230. The van der Waals surface area contributed by atoms with Gasteiger partial charge < -0.3 is 15.0 Å². The molecule has 196 valence electrons. The molecule has 0 aliphatic heterocycles. The third-order valence-electron chi connectivity index (χ3n) is 5.85. The Morgan fingerprint density at radius 3 is 2.35 bits per heavy atom. The monoisotopic (exact) mass is 624 g/mol. The van der Waals surface area contributed by atoms with E-state index in [2.05, 4.69) is 21.2 Å². The van der Waals surface area contributed by atoms with E-state index in [-0.39, 0.29) is 31.0 Å². The lowest BCUT2D eigenvalue weighted by Crippen LogP contribution is -2.53. The van der Waals surface area contributed by atoms with E-state index in [0.717, 1.165) is 17.5 Å². The molecule has 0 aliphatic carbocycles. The zero-order valence-electron chi connectivity index (χ0n) is 20.5. The topological polar surface area (TPSA) is 58.6 Å². The minimum atomic E-state index is -0.782. The SMILES string of the molecule is CC[C@@H](C)NC(=O)[C@@H](Cc1ccccc1)N(Cc1ccc(Cl)c(Cl)c1)C(=O)COc1ccc(Cl)cc1Br. The van der Waals surface area contributed by atoms with Gasteiger partial charge in [-0.3, -0.25) is 9.59 Å². The molecule has 0 saturated carbocycles. The van der Waals surface area contributed by atoms with Gasteiger partial charge in [0.05, 0.1) is 14.5 Å². The number of benzene rings is 3. The molecule has 0 spiro atoms. The van der Waals surface area contributed by atoms with E-state index >= 15 is 0 Å². The summed E-state index contributed by atoms with van der Waals surface area (Å²) in [5.74, 6) is -0.122. The lowest BCUT2D eigenvalue weighted by atomic mass is 10.0. The minimum Gasteiger partial charge on any atom is -0.483 e. The molecule has 3 aromatic rings. The maximum absolute atomic E-state index is 13.7. The summed E-state index contributed by atoms with van der Waals surface area (Å²) in [6.45, 7) is 3.80. The summed E-state index contributed by atoms with van der Waals surface area (Å²) in [6, 6.07) is 19.0. The first-order valence-corrected chi connectivity index (χ1v) is 13.8. The van der Waals surface area contributed by atoms with Gasteiger partial charge in [-0.15, -0.1) is 0 Å². The molecule has 3 aromatic carbocycles. The van der Waals surface area contributed by atoms with Crippen LogP contribution in [-0.2, 0) is 22.6 Å². The summed E-state index contributed by atoms with van der Waals surface area (Å²) in [5, 5.41) is 4.36. The van der Waals surface area contributed by atoms with E-state index in [9.17, 15) is 9.59 Å². The van der Waals surface area contributed by atoms with E-state index < -0.39 is 6.04 Å². The first-order valence-electron chi connectivity index (χ1n) is 11.8. The van der Waals surface area contributed by atoms with Crippen LogP contribution in [0.4, 0.5) is 0 Å². The van der Waals surface area contributed by atoms with Crippen molar-refractivity contribution in [3.63, 3.8) is 0 Å². The number of amides is 2. The number of carbonyl (C=O) groups is 2. The fraction of sp³-hybridized carbons (Fsp3) is 0.286. The van der Waals surface area contributed by atoms with Gasteiger partial charge in [0.15, 0.2) is 6.61 Å². The summed E-state index contributed by atoms with van der Waals surface area (Å²) in [6.07, 6.45) is 1.10. The highest BCUT2D eigenvalue weighted by Gasteiger charge is 2.31. The Hall–Kier alpha value is -2.25. The minimum absolute atomic E-state index is 0.0472. The van der Waals surface area contributed by atoms with Crippen molar-refractivity contribution in [1.82, 2.24) is 10.2 Å². The molecule has 1 N–H and O–H groups in total. The van der Waals surface area contributed by atoms with Crippen LogP contribution in [0, 0.1) is 0 Å². The third-order valence-corrected chi connectivity index (χ3v) is 7.45. The van der Waals surface area contributed by atoms with E-state index in [4.69, 9.17) is 39.5 Å². The summed E-state index contributed by atoms with van der Waals surface area (Å²) >= 11 is 21.8. The van der Waals surface area contributed by atoms with E-state index in [1.807, 2.05) is 44.2 Å². The number of nitrogens with one attached hydrogen (secondary N) is 1. The fourth-order valence-corrected chi connectivity index (χ4v) is 4.76. The van der Waals surface area contributed by atoms with Crippen LogP contribution in [0.1, 0.15) is 31.4 Å². The van der Waals surface area contributed by atoms with Gasteiger partial charge >= 0.3 is 0 Å². The van der Waals surface area contributed by atoms with Crippen molar-refractivity contribution in [3.8, 4) is 5.75 Å². The lowest BCUT2D eigenvalue weighted by Gasteiger charge is -2.32. The molecule has 0 aliphatic rings. The number of hydrogen-bond acceptors (Lipinski definition) is 3. The lowest BCUT2D eigenvalue weighted by molar-refractivity contribution is -0.143. The van der Waals surface area contributed by atoms with E-state index in [0.29, 0.717) is 31.7 Å². The molecular formula is C28H28BrCl3N2O3. The van der Waals surface area contributed by atoms with Crippen LogP contribution in [0.5, 0.6) is 5.75 Å². The second-order valence-electron chi connectivity index (χ2n) is 8.66.